The van der Waals surface area contributed by atoms with Crippen LogP contribution < -0.4 is 15.4 Å². The van der Waals surface area contributed by atoms with E-state index in [-0.39, 0.29) is 23.0 Å². The van der Waals surface area contributed by atoms with Gasteiger partial charge < -0.3 is 25.4 Å². The molecule has 1 saturated carbocycles. The average Bonchev–Trinajstić information content (AvgIpc) is 3.22. The lowest BCUT2D eigenvalue weighted by Gasteiger charge is -2.19. The number of benzene rings is 2. The number of aromatic nitrogens is 3. The Bertz CT molecular complexity index is 1500. The van der Waals surface area contributed by atoms with Crippen LogP contribution in [0.5, 0.6) is 11.8 Å². The van der Waals surface area contributed by atoms with Crippen LogP contribution in [0.2, 0.25) is 0 Å². The van der Waals surface area contributed by atoms with E-state index in [1.807, 2.05) is 24.3 Å². The van der Waals surface area contributed by atoms with Gasteiger partial charge in [-0.15, -0.1) is 0 Å². The minimum Gasteiger partial charge on any atom is -0.508 e. The second-order valence-electron chi connectivity index (χ2n) is 10.5. The van der Waals surface area contributed by atoms with E-state index in [4.69, 9.17) is 4.74 Å². The van der Waals surface area contributed by atoms with Crippen LogP contribution >= 0.6 is 0 Å². The quantitative estimate of drug-likeness (QED) is 0.368. The lowest BCUT2D eigenvalue weighted by Crippen LogP contribution is -2.31. The van der Waals surface area contributed by atoms with Crippen molar-refractivity contribution in [2.24, 2.45) is 11.8 Å². The highest BCUT2D eigenvalue weighted by molar-refractivity contribution is 5.99. The molecule has 7 rings (SSSR count). The van der Waals surface area contributed by atoms with Crippen molar-refractivity contribution in [2.75, 3.05) is 38.6 Å². The van der Waals surface area contributed by atoms with Gasteiger partial charge in [-0.2, -0.15) is 9.97 Å². The minimum absolute atomic E-state index is 0.0543. The third-order valence-corrected chi connectivity index (χ3v) is 8.24. The summed E-state index contributed by atoms with van der Waals surface area (Å²) >= 11 is 0. The van der Waals surface area contributed by atoms with Gasteiger partial charge in [0, 0.05) is 36.9 Å². The average molecular weight is 501 g/mol. The number of hydrogen-bond donors (Lipinski definition) is 3. The van der Waals surface area contributed by atoms with Crippen LogP contribution in [0.3, 0.4) is 0 Å². The molecule has 8 nitrogen and oxygen atoms in total. The van der Waals surface area contributed by atoms with Crippen LogP contribution in [0.25, 0.3) is 32.9 Å². The van der Waals surface area contributed by atoms with Crippen molar-refractivity contribution in [1.82, 2.24) is 25.2 Å². The normalized spacial score (nSPS) is 25.0. The van der Waals surface area contributed by atoms with Crippen LogP contribution in [0.15, 0.2) is 42.6 Å². The first-order chi connectivity index (χ1) is 18.1. The molecule has 3 atom stereocenters. The molecular weight excluding hydrogens is 471 g/mol. The second-order valence-corrected chi connectivity index (χ2v) is 10.5. The molecule has 0 unspecified atom stereocenters. The highest BCUT2D eigenvalue weighted by Gasteiger charge is 2.53. The van der Waals surface area contributed by atoms with E-state index in [0.717, 1.165) is 43.2 Å². The summed E-state index contributed by atoms with van der Waals surface area (Å²) < 4.78 is 22.3. The molecule has 1 aliphatic carbocycles. The van der Waals surface area contributed by atoms with Crippen molar-refractivity contribution in [3.8, 4) is 23.0 Å². The van der Waals surface area contributed by atoms with E-state index >= 15 is 4.39 Å². The van der Waals surface area contributed by atoms with Gasteiger partial charge in [-0.1, -0.05) is 24.3 Å². The Morgan fingerprint density at radius 2 is 2.00 bits per heavy atom. The van der Waals surface area contributed by atoms with Gasteiger partial charge in [0.15, 0.2) is 5.82 Å². The number of phenolic OH excluding ortho intramolecular Hbond substituents is 1. The molecule has 2 aromatic heterocycles. The van der Waals surface area contributed by atoms with Gasteiger partial charge in [0.05, 0.1) is 5.39 Å². The predicted octanol–water partition coefficient (Wildman–Crippen LogP) is 3.79. The number of rotatable bonds is 6. The van der Waals surface area contributed by atoms with Gasteiger partial charge in [0.1, 0.15) is 29.4 Å². The SMILES string of the molecule is CN1CCC[C@H]1COc1nc(NC2[C@@H]3CNC[C@@H]23)c2cnc(-c3cc(O)cc4ccccc34)c(F)c2n1. The third kappa shape index (κ3) is 3.93. The van der Waals surface area contributed by atoms with Crippen molar-refractivity contribution in [3.05, 3.63) is 48.4 Å². The topological polar surface area (TPSA) is 95.4 Å². The Kier molecular flexibility index (Phi) is 5.37. The molecule has 190 valence electrons. The second kappa shape index (κ2) is 8.78. The summed E-state index contributed by atoms with van der Waals surface area (Å²) in [6.07, 6.45) is 3.82. The molecule has 3 fully saturated rings. The van der Waals surface area contributed by atoms with Crippen molar-refractivity contribution < 1.29 is 14.2 Å². The number of halogens is 1. The molecule has 4 heterocycles. The van der Waals surface area contributed by atoms with Crippen LogP contribution in [0.4, 0.5) is 10.2 Å². The first-order valence-electron chi connectivity index (χ1n) is 13.0. The van der Waals surface area contributed by atoms with Crippen LogP contribution in [0, 0.1) is 17.7 Å². The molecule has 3 aliphatic rings. The first kappa shape index (κ1) is 22.6. The number of piperidine rings is 1. The molecule has 0 bridgehead atoms. The summed E-state index contributed by atoms with van der Waals surface area (Å²) in [5, 5.41) is 19.4. The monoisotopic (exact) mass is 500 g/mol. The van der Waals surface area contributed by atoms with Crippen LogP contribution in [-0.2, 0) is 0 Å². The van der Waals surface area contributed by atoms with Crippen LogP contribution in [-0.4, -0.2) is 70.3 Å². The number of nitrogens with one attached hydrogen (secondary N) is 2. The smallest absolute Gasteiger partial charge is 0.319 e. The summed E-state index contributed by atoms with van der Waals surface area (Å²) in [4.78, 5) is 16.0. The number of nitrogens with zero attached hydrogens (tertiary/aromatic N) is 4. The molecular formula is C28H29FN6O2. The first-order valence-corrected chi connectivity index (χ1v) is 13.0. The van der Waals surface area contributed by atoms with E-state index in [2.05, 4.69) is 37.5 Å². The Morgan fingerprint density at radius 3 is 2.81 bits per heavy atom. The zero-order valence-corrected chi connectivity index (χ0v) is 20.6. The zero-order chi connectivity index (χ0) is 25.1. The molecule has 0 amide bonds. The number of likely N-dealkylation sites (N-methyl/N-ethyl adjacent to an activating group) is 1. The molecule has 3 N–H and O–H groups in total. The molecule has 0 spiro atoms. The van der Waals surface area contributed by atoms with Gasteiger partial charge in [-0.25, -0.2) is 4.39 Å². The molecule has 2 aromatic carbocycles. The maximum Gasteiger partial charge on any atom is 0.319 e. The number of aromatic hydroxyl groups is 1. The van der Waals surface area contributed by atoms with Crippen molar-refractivity contribution >= 4 is 27.5 Å². The predicted molar refractivity (Wildman–Crippen MR) is 140 cm³/mol. The number of phenols is 1. The summed E-state index contributed by atoms with van der Waals surface area (Å²) in [5.74, 6) is 1.16. The highest BCUT2D eigenvalue weighted by Crippen LogP contribution is 2.44. The van der Waals surface area contributed by atoms with Crippen molar-refractivity contribution in [3.63, 3.8) is 0 Å². The summed E-state index contributed by atoms with van der Waals surface area (Å²) in [6.45, 7) is 3.45. The number of ether oxygens (including phenoxy) is 1. The highest BCUT2D eigenvalue weighted by atomic mass is 19.1. The van der Waals surface area contributed by atoms with Gasteiger partial charge in [-0.3, -0.25) is 4.98 Å². The Hall–Kier alpha value is -3.56. The number of likely N-dealkylation sites (tertiary alicyclic amines) is 1. The molecule has 4 aromatic rings. The van der Waals surface area contributed by atoms with Gasteiger partial charge in [0.2, 0.25) is 0 Å². The fourth-order valence-corrected chi connectivity index (χ4v) is 6.04. The van der Waals surface area contributed by atoms with Crippen molar-refractivity contribution in [2.45, 2.75) is 24.9 Å². The molecule has 2 aliphatic heterocycles. The fraction of sp³-hybridized carbons (Fsp3) is 0.393. The summed E-state index contributed by atoms with van der Waals surface area (Å²) in [7, 11) is 2.09. The van der Waals surface area contributed by atoms with Gasteiger partial charge in [0.25, 0.3) is 0 Å². The lowest BCUT2D eigenvalue weighted by atomic mass is 10.0. The third-order valence-electron chi connectivity index (χ3n) is 8.24. The van der Waals surface area contributed by atoms with Crippen LogP contribution in [0.1, 0.15) is 12.8 Å². The Labute approximate surface area is 213 Å². The molecule has 37 heavy (non-hydrogen) atoms. The molecule has 2 saturated heterocycles. The largest absolute Gasteiger partial charge is 0.508 e. The number of hydrogen-bond acceptors (Lipinski definition) is 8. The summed E-state index contributed by atoms with van der Waals surface area (Å²) in [6, 6.07) is 11.5. The molecule has 0 radical (unpaired) electrons. The maximum atomic E-state index is 16.2. The Balaban J connectivity index is 1.32. The van der Waals surface area contributed by atoms with E-state index in [1.165, 1.54) is 0 Å². The number of fused-ring (bicyclic) bond motifs is 3. The maximum absolute atomic E-state index is 16.2. The standard InChI is InChI=1S/C28H29FN6O2/c1-35-8-4-6-16(35)14-37-28-33-26-22(27(34-28)32-24-20-11-30-12-21(20)24)13-31-25(23(26)29)19-10-17(36)9-15-5-2-3-7-18(15)19/h2-3,5,7,9-10,13,16,20-21,24,30,36H,4,6,8,11-12,14H2,1H3,(H,32,33,34)/t16-,20+,21+/m0/s1. The summed E-state index contributed by atoms with van der Waals surface area (Å²) in [5.41, 5.74) is 0.813. The van der Waals surface area contributed by atoms with E-state index < -0.39 is 5.82 Å². The zero-order valence-electron chi connectivity index (χ0n) is 20.6. The minimum atomic E-state index is -0.556. The van der Waals surface area contributed by atoms with Gasteiger partial charge >= 0.3 is 6.01 Å². The molecule has 9 heteroatoms. The lowest BCUT2D eigenvalue weighted by molar-refractivity contribution is 0.188. The Morgan fingerprint density at radius 1 is 1.16 bits per heavy atom. The van der Waals surface area contributed by atoms with E-state index in [9.17, 15) is 5.11 Å². The fourth-order valence-electron chi connectivity index (χ4n) is 6.04. The number of pyridine rings is 1. The van der Waals surface area contributed by atoms with E-state index in [1.54, 1.807) is 18.3 Å². The van der Waals surface area contributed by atoms with Gasteiger partial charge in [-0.05, 0) is 61.2 Å². The van der Waals surface area contributed by atoms with E-state index in [0.29, 0.717) is 47.3 Å². The number of anilines is 1. The van der Waals surface area contributed by atoms with Crippen molar-refractivity contribution in [1.29, 1.82) is 0 Å².